The SMILES string of the molecule is Cc1cccc(CN2C(=O)C(=O)c3c(C)ccc(C)c32)c1. The maximum Gasteiger partial charge on any atom is 0.299 e. The second-order valence-electron chi connectivity index (χ2n) is 5.63. The van der Waals surface area contributed by atoms with Crippen LogP contribution in [0, 0.1) is 20.8 Å². The smallest absolute Gasteiger partial charge is 0.299 e. The number of ketones is 1. The van der Waals surface area contributed by atoms with E-state index in [4.69, 9.17) is 0 Å². The molecule has 3 rings (SSSR count). The second kappa shape index (κ2) is 4.85. The zero-order valence-electron chi connectivity index (χ0n) is 12.4. The largest absolute Gasteiger partial charge is 0.300 e. The summed E-state index contributed by atoms with van der Waals surface area (Å²) in [5, 5.41) is 0. The molecule has 0 N–H and O–H groups in total. The number of nitrogens with zero attached hydrogens (tertiary/aromatic N) is 1. The van der Waals surface area contributed by atoms with Crippen LogP contribution in [0.25, 0.3) is 0 Å². The van der Waals surface area contributed by atoms with Crippen molar-refractivity contribution in [3.05, 3.63) is 64.2 Å². The normalized spacial score (nSPS) is 13.8. The Kier molecular flexibility index (Phi) is 3.13. The van der Waals surface area contributed by atoms with Gasteiger partial charge in [0.15, 0.2) is 0 Å². The Balaban J connectivity index is 2.08. The maximum absolute atomic E-state index is 12.3. The summed E-state index contributed by atoms with van der Waals surface area (Å²) in [7, 11) is 0. The highest BCUT2D eigenvalue weighted by Crippen LogP contribution is 2.35. The minimum absolute atomic E-state index is 0.390. The third-order valence-corrected chi connectivity index (χ3v) is 3.95. The van der Waals surface area contributed by atoms with Gasteiger partial charge in [0.1, 0.15) is 0 Å². The van der Waals surface area contributed by atoms with Gasteiger partial charge in [-0.2, -0.15) is 0 Å². The fraction of sp³-hybridized carbons (Fsp3) is 0.222. The van der Waals surface area contributed by atoms with Crippen LogP contribution >= 0.6 is 0 Å². The first-order chi connectivity index (χ1) is 9.99. The highest BCUT2D eigenvalue weighted by molar-refractivity contribution is 6.52. The first-order valence-electron chi connectivity index (χ1n) is 7.01. The monoisotopic (exact) mass is 279 g/mol. The van der Waals surface area contributed by atoms with Gasteiger partial charge in [-0.3, -0.25) is 9.59 Å². The van der Waals surface area contributed by atoms with Crippen molar-refractivity contribution in [3.8, 4) is 0 Å². The number of hydrogen-bond acceptors (Lipinski definition) is 2. The van der Waals surface area contributed by atoms with E-state index in [1.807, 2.05) is 57.2 Å². The molecule has 0 saturated carbocycles. The predicted octanol–water partition coefficient (Wildman–Crippen LogP) is 3.34. The molecule has 2 aromatic carbocycles. The fourth-order valence-corrected chi connectivity index (χ4v) is 2.91. The Hall–Kier alpha value is -2.42. The summed E-state index contributed by atoms with van der Waals surface area (Å²) in [6, 6.07) is 11.9. The van der Waals surface area contributed by atoms with Crippen LogP contribution in [0.2, 0.25) is 0 Å². The van der Waals surface area contributed by atoms with Crippen LogP contribution in [0.3, 0.4) is 0 Å². The molecule has 1 heterocycles. The molecule has 0 unspecified atom stereocenters. The van der Waals surface area contributed by atoms with Gasteiger partial charge in [0.25, 0.3) is 11.7 Å². The van der Waals surface area contributed by atoms with Crippen LogP contribution in [0.1, 0.15) is 32.6 Å². The molecule has 0 atom stereocenters. The average molecular weight is 279 g/mol. The molecule has 3 nitrogen and oxygen atoms in total. The summed E-state index contributed by atoms with van der Waals surface area (Å²) in [6.45, 7) is 6.26. The lowest BCUT2D eigenvalue weighted by Crippen LogP contribution is -2.29. The molecular formula is C18H17NO2. The fourth-order valence-electron chi connectivity index (χ4n) is 2.91. The van der Waals surface area contributed by atoms with Crippen LogP contribution < -0.4 is 4.90 Å². The number of Topliss-reactive ketones (excluding diaryl/α,β-unsaturated/α-hetero) is 1. The topological polar surface area (TPSA) is 37.4 Å². The van der Waals surface area contributed by atoms with E-state index < -0.39 is 5.91 Å². The molecule has 1 aliphatic heterocycles. The molecule has 0 bridgehead atoms. The number of hydrogen-bond donors (Lipinski definition) is 0. The number of aryl methyl sites for hydroxylation is 3. The maximum atomic E-state index is 12.3. The summed E-state index contributed by atoms with van der Waals surface area (Å²) >= 11 is 0. The number of rotatable bonds is 2. The Bertz CT molecular complexity index is 762. The van der Waals surface area contributed by atoms with Crippen LogP contribution in [0.15, 0.2) is 36.4 Å². The average Bonchev–Trinajstić information content (AvgIpc) is 2.69. The standard InChI is InChI=1S/C18H17NO2/c1-11-5-4-6-14(9-11)10-19-16-13(3)8-7-12(2)15(16)17(20)18(19)21/h4-9H,10H2,1-3H3. The molecule has 3 heteroatoms. The lowest BCUT2D eigenvalue weighted by atomic mass is 10.0. The van der Waals surface area contributed by atoms with Crippen LogP contribution in [-0.4, -0.2) is 11.7 Å². The minimum atomic E-state index is -0.427. The lowest BCUT2D eigenvalue weighted by Gasteiger charge is -2.19. The van der Waals surface area contributed by atoms with Gasteiger partial charge in [-0.25, -0.2) is 0 Å². The van der Waals surface area contributed by atoms with Crippen molar-refractivity contribution in [3.63, 3.8) is 0 Å². The lowest BCUT2D eigenvalue weighted by molar-refractivity contribution is -0.114. The van der Waals surface area contributed by atoms with Crippen molar-refractivity contribution in [1.29, 1.82) is 0 Å². The molecule has 1 aliphatic rings. The molecule has 0 fully saturated rings. The molecule has 21 heavy (non-hydrogen) atoms. The molecule has 0 aromatic heterocycles. The van der Waals surface area contributed by atoms with Gasteiger partial charge in [0, 0.05) is 0 Å². The Morgan fingerprint density at radius 2 is 1.67 bits per heavy atom. The van der Waals surface area contributed by atoms with E-state index >= 15 is 0 Å². The van der Waals surface area contributed by atoms with E-state index in [2.05, 4.69) is 0 Å². The molecule has 0 radical (unpaired) electrons. The van der Waals surface area contributed by atoms with E-state index in [1.54, 1.807) is 4.90 Å². The summed E-state index contributed by atoms with van der Waals surface area (Å²) in [5.74, 6) is -0.817. The van der Waals surface area contributed by atoms with Crippen molar-refractivity contribution < 1.29 is 9.59 Å². The summed E-state index contributed by atoms with van der Waals surface area (Å²) < 4.78 is 0. The van der Waals surface area contributed by atoms with E-state index in [9.17, 15) is 9.59 Å². The summed E-state index contributed by atoms with van der Waals surface area (Å²) in [5.41, 5.74) is 5.33. The van der Waals surface area contributed by atoms with Crippen molar-refractivity contribution in [2.24, 2.45) is 0 Å². The number of carbonyl (C=O) groups is 2. The first kappa shape index (κ1) is 13.6. The second-order valence-corrected chi connectivity index (χ2v) is 5.63. The molecule has 0 aliphatic carbocycles. The van der Waals surface area contributed by atoms with Crippen molar-refractivity contribution >= 4 is 17.4 Å². The van der Waals surface area contributed by atoms with Crippen LogP contribution in [0.5, 0.6) is 0 Å². The zero-order chi connectivity index (χ0) is 15.1. The zero-order valence-corrected chi connectivity index (χ0v) is 12.4. The van der Waals surface area contributed by atoms with E-state index in [1.165, 1.54) is 0 Å². The van der Waals surface area contributed by atoms with Gasteiger partial charge in [-0.1, -0.05) is 42.0 Å². The number of carbonyl (C=O) groups excluding carboxylic acids is 2. The van der Waals surface area contributed by atoms with Gasteiger partial charge in [-0.15, -0.1) is 0 Å². The third kappa shape index (κ3) is 2.15. The van der Waals surface area contributed by atoms with Crippen LogP contribution in [0.4, 0.5) is 5.69 Å². The minimum Gasteiger partial charge on any atom is -0.300 e. The quantitative estimate of drug-likeness (QED) is 0.791. The van der Waals surface area contributed by atoms with Gasteiger partial charge >= 0.3 is 0 Å². The molecule has 0 saturated heterocycles. The van der Waals surface area contributed by atoms with Gasteiger partial charge < -0.3 is 4.90 Å². The van der Waals surface area contributed by atoms with E-state index in [-0.39, 0.29) is 5.78 Å². The van der Waals surface area contributed by atoms with Crippen LogP contribution in [-0.2, 0) is 11.3 Å². The third-order valence-electron chi connectivity index (χ3n) is 3.95. The molecule has 1 amide bonds. The van der Waals surface area contributed by atoms with Gasteiger partial charge in [0.05, 0.1) is 17.8 Å². The summed E-state index contributed by atoms with van der Waals surface area (Å²) in [6.07, 6.45) is 0. The number of anilines is 1. The molecule has 106 valence electrons. The highest BCUT2D eigenvalue weighted by atomic mass is 16.2. The Labute approximate surface area is 124 Å². The predicted molar refractivity (Wildman–Crippen MR) is 82.6 cm³/mol. The highest BCUT2D eigenvalue weighted by Gasteiger charge is 2.37. The van der Waals surface area contributed by atoms with Gasteiger partial charge in [-0.05, 0) is 37.5 Å². The van der Waals surface area contributed by atoms with Crippen molar-refractivity contribution in [2.45, 2.75) is 27.3 Å². The molecule has 0 spiro atoms. The number of amides is 1. The number of benzene rings is 2. The Morgan fingerprint density at radius 1 is 0.952 bits per heavy atom. The Morgan fingerprint density at radius 3 is 2.38 bits per heavy atom. The van der Waals surface area contributed by atoms with E-state index in [0.29, 0.717) is 12.1 Å². The number of fused-ring (bicyclic) bond motifs is 1. The van der Waals surface area contributed by atoms with Crippen molar-refractivity contribution in [1.82, 2.24) is 0 Å². The molecule has 2 aromatic rings. The summed E-state index contributed by atoms with van der Waals surface area (Å²) in [4.78, 5) is 26.2. The van der Waals surface area contributed by atoms with E-state index in [0.717, 1.165) is 27.9 Å². The molecular weight excluding hydrogens is 262 g/mol. The van der Waals surface area contributed by atoms with Gasteiger partial charge in [0.2, 0.25) is 0 Å². The first-order valence-corrected chi connectivity index (χ1v) is 7.01. The van der Waals surface area contributed by atoms with Crippen molar-refractivity contribution in [2.75, 3.05) is 4.90 Å².